The van der Waals surface area contributed by atoms with Crippen LogP contribution >= 0.6 is 0 Å². The fourth-order valence-corrected chi connectivity index (χ4v) is 1.49. The first-order valence-corrected chi connectivity index (χ1v) is 6.06. The standard InChI is InChI=1S/C13H21NO3/c1-3-16-11-6-7-13(17-4-2)12(10-11)14-8-5-9-15/h6-7,10,14-15H,3-5,8-9H2,1-2H3. The highest BCUT2D eigenvalue weighted by molar-refractivity contribution is 5.59. The van der Waals surface area contributed by atoms with E-state index in [-0.39, 0.29) is 6.61 Å². The number of benzene rings is 1. The van der Waals surface area contributed by atoms with E-state index in [0.29, 0.717) is 26.2 Å². The molecule has 0 aliphatic carbocycles. The lowest BCUT2D eigenvalue weighted by atomic mass is 10.2. The maximum atomic E-state index is 8.76. The van der Waals surface area contributed by atoms with Crippen LogP contribution in [0.25, 0.3) is 0 Å². The van der Waals surface area contributed by atoms with Gasteiger partial charge in [0.1, 0.15) is 11.5 Å². The highest BCUT2D eigenvalue weighted by Gasteiger charge is 2.05. The van der Waals surface area contributed by atoms with E-state index >= 15 is 0 Å². The highest BCUT2D eigenvalue weighted by atomic mass is 16.5. The smallest absolute Gasteiger partial charge is 0.142 e. The van der Waals surface area contributed by atoms with Gasteiger partial charge in [0.15, 0.2) is 0 Å². The van der Waals surface area contributed by atoms with Crippen LogP contribution in [0, 0.1) is 0 Å². The lowest BCUT2D eigenvalue weighted by Crippen LogP contribution is -2.06. The second-order valence-electron chi connectivity index (χ2n) is 3.53. The average Bonchev–Trinajstić information content (AvgIpc) is 2.33. The Morgan fingerprint density at radius 3 is 2.59 bits per heavy atom. The lowest BCUT2D eigenvalue weighted by Gasteiger charge is -2.13. The van der Waals surface area contributed by atoms with Gasteiger partial charge in [-0.1, -0.05) is 0 Å². The minimum absolute atomic E-state index is 0.183. The molecule has 0 aromatic heterocycles. The van der Waals surface area contributed by atoms with Crippen molar-refractivity contribution in [2.24, 2.45) is 0 Å². The van der Waals surface area contributed by atoms with Crippen LogP contribution < -0.4 is 14.8 Å². The Labute approximate surface area is 103 Å². The van der Waals surface area contributed by atoms with Crippen LogP contribution in [0.2, 0.25) is 0 Å². The number of rotatable bonds is 8. The summed E-state index contributed by atoms with van der Waals surface area (Å²) in [6.45, 7) is 6.07. The van der Waals surface area contributed by atoms with E-state index in [9.17, 15) is 0 Å². The van der Waals surface area contributed by atoms with Crippen LogP contribution in [0.1, 0.15) is 20.3 Å². The van der Waals surface area contributed by atoms with E-state index in [0.717, 1.165) is 17.2 Å². The van der Waals surface area contributed by atoms with Crippen LogP contribution in [0.4, 0.5) is 5.69 Å². The SMILES string of the molecule is CCOc1ccc(OCC)c(NCCCO)c1. The number of aliphatic hydroxyl groups excluding tert-OH is 1. The van der Waals surface area contributed by atoms with Crippen molar-refractivity contribution in [2.75, 3.05) is 31.7 Å². The predicted octanol–water partition coefficient (Wildman–Crippen LogP) is 2.28. The molecule has 0 unspecified atom stereocenters. The molecule has 2 N–H and O–H groups in total. The molecular weight excluding hydrogens is 218 g/mol. The summed E-state index contributed by atoms with van der Waals surface area (Å²) in [5.41, 5.74) is 0.909. The fourth-order valence-electron chi connectivity index (χ4n) is 1.49. The summed E-state index contributed by atoms with van der Waals surface area (Å²) >= 11 is 0. The van der Waals surface area contributed by atoms with E-state index < -0.39 is 0 Å². The largest absolute Gasteiger partial charge is 0.494 e. The van der Waals surface area contributed by atoms with E-state index in [1.807, 2.05) is 32.0 Å². The van der Waals surface area contributed by atoms with Crippen LogP contribution in [0.5, 0.6) is 11.5 Å². The van der Waals surface area contributed by atoms with Crippen molar-refractivity contribution in [1.82, 2.24) is 0 Å². The minimum Gasteiger partial charge on any atom is -0.494 e. The third-order valence-corrected chi connectivity index (χ3v) is 2.21. The first-order valence-electron chi connectivity index (χ1n) is 6.06. The Morgan fingerprint density at radius 1 is 1.18 bits per heavy atom. The van der Waals surface area contributed by atoms with Gasteiger partial charge in [-0.2, -0.15) is 0 Å². The monoisotopic (exact) mass is 239 g/mol. The minimum atomic E-state index is 0.183. The van der Waals surface area contributed by atoms with E-state index in [1.165, 1.54) is 0 Å². The summed E-state index contributed by atoms with van der Waals surface area (Å²) in [5.74, 6) is 1.64. The maximum Gasteiger partial charge on any atom is 0.142 e. The van der Waals surface area contributed by atoms with Gasteiger partial charge >= 0.3 is 0 Å². The summed E-state index contributed by atoms with van der Waals surface area (Å²) in [4.78, 5) is 0. The first kappa shape index (κ1) is 13.6. The quantitative estimate of drug-likeness (QED) is 0.683. The van der Waals surface area contributed by atoms with E-state index in [4.69, 9.17) is 14.6 Å². The molecule has 1 aromatic rings. The van der Waals surface area contributed by atoms with Gasteiger partial charge in [-0.3, -0.25) is 0 Å². The average molecular weight is 239 g/mol. The van der Waals surface area contributed by atoms with Crippen molar-refractivity contribution in [1.29, 1.82) is 0 Å². The number of aliphatic hydroxyl groups is 1. The summed E-state index contributed by atoms with van der Waals surface area (Å²) in [6.07, 6.45) is 0.713. The second-order valence-corrected chi connectivity index (χ2v) is 3.53. The van der Waals surface area contributed by atoms with Crippen LogP contribution in [0.3, 0.4) is 0 Å². The molecule has 0 aliphatic rings. The normalized spacial score (nSPS) is 10.1. The predicted molar refractivity (Wildman–Crippen MR) is 69.0 cm³/mol. The van der Waals surface area contributed by atoms with Crippen molar-refractivity contribution in [3.63, 3.8) is 0 Å². The Hall–Kier alpha value is -1.42. The van der Waals surface area contributed by atoms with Crippen LogP contribution in [-0.4, -0.2) is 31.5 Å². The molecule has 4 heteroatoms. The Morgan fingerprint density at radius 2 is 1.94 bits per heavy atom. The zero-order valence-electron chi connectivity index (χ0n) is 10.5. The molecule has 0 radical (unpaired) electrons. The van der Waals surface area contributed by atoms with Crippen molar-refractivity contribution in [2.45, 2.75) is 20.3 Å². The molecule has 17 heavy (non-hydrogen) atoms. The summed E-state index contributed by atoms with van der Waals surface area (Å²) < 4.78 is 11.0. The van der Waals surface area contributed by atoms with Crippen LogP contribution in [-0.2, 0) is 0 Å². The number of hydrogen-bond acceptors (Lipinski definition) is 4. The van der Waals surface area contributed by atoms with Crippen molar-refractivity contribution >= 4 is 5.69 Å². The number of anilines is 1. The molecule has 0 aliphatic heterocycles. The molecule has 0 spiro atoms. The molecule has 0 saturated heterocycles. The summed E-state index contributed by atoms with van der Waals surface area (Å²) in [6, 6.07) is 5.72. The Kier molecular flexibility index (Phi) is 6.25. The van der Waals surface area contributed by atoms with E-state index in [2.05, 4.69) is 5.32 Å². The molecule has 0 amide bonds. The van der Waals surface area contributed by atoms with Crippen molar-refractivity contribution in [3.8, 4) is 11.5 Å². The molecule has 0 atom stereocenters. The van der Waals surface area contributed by atoms with Gasteiger partial charge in [-0.25, -0.2) is 0 Å². The molecule has 1 aromatic carbocycles. The van der Waals surface area contributed by atoms with Gasteiger partial charge in [-0.15, -0.1) is 0 Å². The molecule has 1 rings (SSSR count). The van der Waals surface area contributed by atoms with E-state index in [1.54, 1.807) is 0 Å². The molecule has 0 fully saturated rings. The number of hydrogen-bond donors (Lipinski definition) is 2. The van der Waals surface area contributed by atoms with Gasteiger partial charge in [-0.05, 0) is 32.4 Å². The Bertz CT molecular complexity index is 328. The van der Waals surface area contributed by atoms with Gasteiger partial charge in [0, 0.05) is 19.2 Å². The summed E-state index contributed by atoms with van der Waals surface area (Å²) in [5, 5.41) is 12.0. The second kappa shape index (κ2) is 7.79. The van der Waals surface area contributed by atoms with Crippen LogP contribution in [0.15, 0.2) is 18.2 Å². The topological polar surface area (TPSA) is 50.7 Å². The fraction of sp³-hybridized carbons (Fsp3) is 0.538. The molecular formula is C13H21NO3. The molecule has 4 nitrogen and oxygen atoms in total. The zero-order valence-corrected chi connectivity index (χ0v) is 10.5. The van der Waals surface area contributed by atoms with Gasteiger partial charge in [0.2, 0.25) is 0 Å². The van der Waals surface area contributed by atoms with Gasteiger partial charge in [0.25, 0.3) is 0 Å². The molecule has 0 bridgehead atoms. The van der Waals surface area contributed by atoms with Crippen molar-refractivity contribution < 1.29 is 14.6 Å². The van der Waals surface area contributed by atoms with Crippen molar-refractivity contribution in [3.05, 3.63) is 18.2 Å². The third kappa shape index (κ3) is 4.53. The van der Waals surface area contributed by atoms with Gasteiger partial charge in [0.05, 0.1) is 18.9 Å². The number of nitrogens with one attached hydrogen (secondary N) is 1. The molecule has 0 saturated carbocycles. The number of ether oxygens (including phenoxy) is 2. The lowest BCUT2D eigenvalue weighted by molar-refractivity contribution is 0.292. The molecule has 0 heterocycles. The zero-order chi connectivity index (χ0) is 12.5. The first-order chi connectivity index (χ1) is 8.31. The highest BCUT2D eigenvalue weighted by Crippen LogP contribution is 2.29. The summed E-state index contributed by atoms with van der Waals surface area (Å²) in [7, 11) is 0. The Balaban J connectivity index is 2.74. The third-order valence-electron chi connectivity index (χ3n) is 2.21. The molecule has 96 valence electrons. The maximum absolute atomic E-state index is 8.76. The van der Waals surface area contributed by atoms with Gasteiger partial charge < -0.3 is 19.9 Å².